The summed E-state index contributed by atoms with van der Waals surface area (Å²) >= 11 is 1.64. The molecule has 1 aromatic heterocycles. The van der Waals surface area contributed by atoms with Gasteiger partial charge in [0.2, 0.25) is 5.91 Å². The lowest BCUT2D eigenvalue weighted by molar-refractivity contribution is -0.155. The maximum Gasteiger partial charge on any atom is 0.250 e. The Labute approximate surface area is 120 Å². The van der Waals surface area contributed by atoms with E-state index >= 15 is 0 Å². The lowest BCUT2D eigenvalue weighted by Gasteiger charge is -2.35. The van der Waals surface area contributed by atoms with Crippen molar-refractivity contribution in [3.63, 3.8) is 0 Å². The van der Waals surface area contributed by atoms with Gasteiger partial charge in [-0.15, -0.1) is 11.3 Å². The topological polar surface area (TPSA) is 38.3 Å². The monoisotopic (exact) mass is 283 g/mol. The van der Waals surface area contributed by atoms with Gasteiger partial charge >= 0.3 is 0 Å². The summed E-state index contributed by atoms with van der Waals surface area (Å²) in [7, 11) is 0. The molecule has 1 atom stereocenters. The van der Waals surface area contributed by atoms with E-state index < -0.39 is 6.10 Å². The first kappa shape index (κ1) is 16.2. The van der Waals surface area contributed by atoms with Gasteiger partial charge in [0.25, 0.3) is 0 Å². The van der Waals surface area contributed by atoms with E-state index in [0.29, 0.717) is 6.54 Å². The fraction of sp³-hybridized carbons (Fsp3) is 0.667. The number of hydrogen-bond donors (Lipinski definition) is 1. The highest BCUT2D eigenvalue weighted by Crippen LogP contribution is 2.27. The average molecular weight is 283 g/mol. The molecule has 108 valence electrons. The van der Waals surface area contributed by atoms with Crippen LogP contribution in [0.3, 0.4) is 0 Å². The Morgan fingerprint density at radius 2 is 1.95 bits per heavy atom. The molecule has 1 N–H and O–H groups in total. The highest BCUT2D eigenvalue weighted by atomic mass is 32.1. The molecule has 3 nitrogen and oxygen atoms in total. The second-order valence-electron chi connectivity index (χ2n) is 6.77. The van der Waals surface area contributed by atoms with Crippen LogP contribution in [0.15, 0.2) is 17.5 Å². The van der Waals surface area contributed by atoms with Crippen LogP contribution in [0.1, 0.15) is 46.4 Å². The standard InChI is InChI=1S/C15H25NO2S/c1-14(2,3)12(18-15(4,5)6)13(17)16-10-11-8-7-9-19-11/h7-9,12H,10H2,1-6H3,(H,16,17). The lowest BCUT2D eigenvalue weighted by Crippen LogP contribution is -2.47. The first-order valence-electron chi connectivity index (χ1n) is 6.57. The van der Waals surface area contributed by atoms with E-state index in [1.165, 1.54) is 0 Å². The molecule has 1 heterocycles. The molecule has 0 aliphatic carbocycles. The zero-order chi connectivity index (χ0) is 14.7. The number of hydrogen-bond acceptors (Lipinski definition) is 3. The van der Waals surface area contributed by atoms with E-state index in [0.717, 1.165) is 4.88 Å². The summed E-state index contributed by atoms with van der Waals surface area (Å²) < 4.78 is 5.93. The Balaban J connectivity index is 2.67. The van der Waals surface area contributed by atoms with Gasteiger partial charge in [0.1, 0.15) is 6.10 Å². The summed E-state index contributed by atoms with van der Waals surface area (Å²) in [6, 6.07) is 4.00. The van der Waals surface area contributed by atoms with Gasteiger partial charge in [0.15, 0.2) is 0 Å². The molecule has 0 saturated carbocycles. The van der Waals surface area contributed by atoms with Crippen LogP contribution in [0.2, 0.25) is 0 Å². The number of amides is 1. The van der Waals surface area contributed by atoms with Crippen molar-refractivity contribution in [2.24, 2.45) is 5.41 Å². The van der Waals surface area contributed by atoms with Gasteiger partial charge in [-0.2, -0.15) is 0 Å². The predicted molar refractivity (Wildman–Crippen MR) is 80.2 cm³/mol. The molecule has 1 aromatic rings. The van der Waals surface area contributed by atoms with Crippen LogP contribution in [-0.4, -0.2) is 17.6 Å². The molecular formula is C15H25NO2S. The van der Waals surface area contributed by atoms with Crippen LogP contribution < -0.4 is 5.32 Å². The van der Waals surface area contributed by atoms with Crippen molar-refractivity contribution in [2.75, 3.05) is 0 Å². The Bertz CT molecular complexity index is 399. The summed E-state index contributed by atoms with van der Waals surface area (Å²) in [5.41, 5.74) is -0.564. The molecule has 0 spiro atoms. The average Bonchev–Trinajstić information content (AvgIpc) is 2.72. The maximum atomic E-state index is 12.3. The zero-order valence-electron chi connectivity index (χ0n) is 12.7. The van der Waals surface area contributed by atoms with Crippen molar-refractivity contribution in [1.29, 1.82) is 0 Å². The normalized spacial score (nSPS) is 14.2. The van der Waals surface area contributed by atoms with E-state index in [1.54, 1.807) is 11.3 Å². The summed E-state index contributed by atoms with van der Waals surface area (Å²) in [5, 5.41) is 4.97. The van der Waals surface area contributed by atoms with Crippen molar-refractivity contribution in [3.05, 3.63) is 22.4 Å². The molecular weight excluding hydrogens is 258 g/mol. The number of carbonyl (C=O) groups is 1. The lowest BCUT2D eigenvalue weighted by atomic mass is 9.87. The van der Waals surface area contributed by atoms with E-state index in [4.69, 9.17) is 4.74 Å². The first-order valence-corrected chi connectivity index (χ1v) is 7.45. The largest absolute Gasteiger partial charge is 0.362 e. The van der Waals surface area contributed by atoms with Crippen LogP contribution in [0, 0.1) is 5.41 Å². The molecule has 1 rings (SSSR count). The van der Waals surface area contributed by atoms with Crippen molar-refractivity contribution in [3.8, 4) is 0 Å². The summed E-state index contributed by atoms with van der Waals surface area (Å²) in [4.78, 5) is 13.5. The summed E-state index contributed by atoms with van der Waals surface area (Å²) in [5.74, 6) is -0.0455. The van der Waals surface area contributed by atoms with E-state index in [1.807, 2.05) is 59.1 Å². The van der Waals surface area contributed by atoms with E-state index in [-0.39, 0.29) is 16.9 Å². The van der Waals surface area contributed by atoms with Crippen molar-refractivity contribution in [2.45, 2.75) is 59.8 Å². The minimum Gasteiger partial charge on any atom is -0.362 e. The number of carbonyl (C=O) groups excluding carboxylic acids is 1. The van der Waals surface area contributed by atoms with Gasteiger partial charge in [0, 0.05) is 4.88 Å². The van der Waals surface area contributed by atoms with Crippen LogP contribution in [-0.2, 0) is 16.1 Å². The van der Waals surface area contributed by atoms with E-state index in [9.17, 15) is 4.79 Å². The van der Waals surface area contributed by atoms with Gasteiger partial charge in [-0.25, -0.2) is 0 Å². The highest BCUT2D eigenvalue weighted by Gasteiger charge is 2.35. The molecule has 0 fully saturated rings. The Hall–Kier alpha value is -0.870. The molecule has 4 heteroatoms. The predicted octanol–water partition coefficient (Wildman–Crippen LogP) is 3.59. The molecule has 0 aliphatic rings. The van der Waals surface area contributed by atoms with Crippen LogP contribution in [0.4, 0.5) is 0 Å². The van der Waals surface area contributed by atoms with Crippen molar-refractivity contribution >= 4 is 17.2 Å². The van der Waals surface area contributed by atoms with Gasteiger partial charge in [-0.1, -0.05) is 26.8 Å². The quantitative estimate of drug-likeness (QED) is 0.917. The smallest absolute Gasteiger partial charge is 0.250 e. The number of ether oxygens (including phenoxy) is 1. The third-order valence-corrected chi connectivity index (χ3v) is 3.39. The molecule has 0 bridgehead atoms. The van der Waals surface area contributed by atoms with Crippen molar-refractivity contribution in [1.82, 2.24) is 5.32 Å². The third-order valence-electron chi connectivity index (χ3n) is 2.51. The van der Waals surface area contributed by atoms with Crippen LogP contribution >= 0.6 is 11.3 Å². The Morgan fingerprint density at radius 3 is 2.37 bits per heavy atom. The fourth-order valence-electron chi connectivity index (χ4n) is 1.66. The molecule has 0 saturated heterocycles. The summed E-state index contributed by atoms with van der Waals surface area (Å²) in [6.07, 6.45) is -0.451. The second kappa shape index (κ2) is 6.06. The number of thiophene rings is 1. The number of nitrogens with one attached hydrogen (secondary N) is 1. The maximum absolute atomic E-state index is 12.3. The summed E-state index contributed by atoms with van der Waals surface area (Å²) in [6.45, 7) is 12.5. The third kappa shape index (κ3) is 5.74. The van der Waals surface area contributed by atoms with Gasteiger partial charge < -0.3 is 10.1 Å². The van der Waals surface area contributed by atoms with Gasteiger partial charge in [0.05, 0.1) is 12.1 Å². The van der Waals surface area contributed by atoms with E-state index in [2.05, 4.69) is 5.32 Å². The molecule has 1 unspecified atom stereocenters. The van der Waals surface area contributed by atoms with Gasteiger partial charge in [-0.3, -0.25) is 4.79 Å². The van der Waals surface area contributed by atoms with Crippen molar-refractivity contribution < 1.29 is 9.53 Å². The van der Waals surface area contributed by atoms with Crippen LogP contribution in [0.5, 0.6) is 0 Å². The second-order valence-corrected chi connectivity index (χ2v) is 7.81. The molecule has 0 aliphatic heterocycles. The molecule has 19 heavy (non-hydrogen) atoms. The first-order chi connectivity index (χ1) is 8.59. The highest BCUT2D eigenvalue weighted by molar-refractivity contribution is 7.09. The van der Waals surface area contributed by atoms with Gasteiger partial charge in [-0.05, 0) is 37.6 Å². The minimum atomic E-state index is -0.451. The number of rotatable bonds is 4. The van der Waals surface area contributed by atoms with Crippen LogP contribution in [0.25, 0.3) is 0 Å². The fourth-order valence-corrected chi connectivity index (χ4v) is 2.30. The molecule has 0 radical (unpaired) electrons. The molecule has 1 amide bonds. The zero-order valence-corrected chi connectivity index (χ0v) is 13.6. The Kier molecular flexibility index (Phi) is 5.16. The Morgan fingerprint density at radius 1 is 1.32 bits per heavy atom. The SMILES string of the molecule is CC(C)(C)OC(C(=O)NCc1cccs1)C(C)(C)C. The minimum absolute atomic E-state index is 0.0455. The molecule has 0 aromatic carbocycles.